The maximum absolute atomic E-state index is 15.2. The van der Waals surface area contributed by atoms with Crippen molar-refractivity contribution in [2.45, 2.75) is 211 Å². The molecule has 0 saturated carbocycles. The molecule has 5 aliphatic heterocycles. The van der Waals surface area contributed by atoms with Crippen molar-refractivity contribution in [1.82, 2.24) is 24.8 Å². The summed E-state index contributed by atoms with van der Waals surface area (Å²) in [5, 5.41) is 72.9. The van der Waals surface area contributed by atoms with Crippen molar-refractivity contribution in [2.75, 3.05) is 65.5 Å². The topological polar surface area (TPSA) is 245 Å². The van der Waals surface area contributed by atoms with E-state index in [0.717, 1.165) is 5.69 Å². The van der Waals surface area contributed by atoms with Crippen molar-refractivity contribution in [2.24, 2.45) is 22.9 Å². The number of cyclic esters (lactones) is 1. The number of ether oxygens (including phenoxy) is 7. The molecule has 5 aliphatic rings. The number of rotatable bonds is 14. The predicted molar refractivity (Wildman–Crippen MR) is 282 cm³/mol. The molecular formula is C55H90FN7O14. The quantitative estimate of drug-likeness (QED) is 0.171. The standard InChI is InChI=1S/C55H90FN7O14/c1-14-44-55(10,69)48(65)35(6)61(12)28-31(2)26-53(8,68)50(33(4)47(34(5)51(67)74-44)75-45-27-54(9,70-13)49(66)36(7)73-45)76-52-46(64)43(23-32(3)72-52)60(11)18-17-38-29-63(59-57-38)30-39-25-41(58-77-39)37-15-16-42(40(56)24-37)62-19-21-71-22-20-62/h15-16,24,29,31-36,39,43-50,52,64-66,68-69H,14,17-23,25-28,30H2,1-13H3/t31-,32-,33+,34-,35-,36+,39-,43+,44-,45+,46-,47+,48-,49+,50-,52+,53-,54-,55-/m1/s1. The maximum Gasteiger partial charge on any atom is 0.311 e. The number of carbonyl (C=O) groups excluding carboxylic acids is 1. The second kappa shape index (κ2) is 25.5. The normalized spacial score (nSPS) is 40.4. The lowest BCUT2D eigenvalue weighted by atomic mass is 9.77. The van der Waals surface area contributed by atoms with Crippen LogP contribution in [0.2, 0.25) is 0 Å². The molecule has 21 nitrogen and oxygen atoms in total. The molecule has 77 heavy (non-hydrogen) atoms. The van der Waals surface area contributed by atoms with Gasteiger partial charge in [0.1, 0.15) is 35.8 Å². The second-order valence-corrected chi connectivity index (χ2v) is 23.6. The average molecular weight is 1090 g/mol. The summed E-state index contributed by atoms with van der Waals surface area (Å²) in [6.45, 7) is 21.2. The Kier molecular flexibility index (Phi) is 20.3. The van der Waals surface area contributed by atoms with Gasteiger partial charge in [-0.25, -0.2) is 9.07 Å². The van der Waals surface area contributed by atoms with Crippen LogP contribution in [-0.2, 0) is 55.8 Å². The number of esters is 1. The molecule has 1 aromatic heterocycles. The Balaban J connectivity index is 1.07. The summed E-state index contributed by atoms with van der Waals surface area (Å²) in [6, 6.07) is 4.12. The van der Waals surface area contributed by atoms with Crippen molar-refractivity contribution >= 4 is 17.4 Å². The van der Waals surface area contributed by atoms with Crippen LogP contribution in [0.5, 0.6) is 0 Å². The van der Waals surface area contributed by atoms with Crippen LogP contribution in [0, 0.1) is 23.6 Å². The molecule has 2 aromatic rings. The van der Waals surface area contributed by atoms with E-state index in [-0.39, 0.29) is 43.2 Å². The minimum Gasteiger partial charge on any atom is -0.459 e. The first kappa shape index (κ1) is 61.1. The monoisotopic (exact) mass is 1090 g/mol. The summed E-state index contributed by atoms with van der Waals surface area (Å²) < 4.78 is 60.7. The van der Waals surface area contributed by atoms with Gasteiger partial charge in [0.2, 0.25) is 0 Å². The first-order valence-electron chi connectivity index (χ1n) is 27.8. The third-order valence-electron chi connectivity index (χ3n) is 17.2. The number of halogens is 1. The Hall–Kier alpha value is -3.49. The van der Waals surface area contributed by atoms with Crippen LogP contribution in [0.1, 0.15) is 113 Å². The molecule has 5 N–H and O–H groups in total. The van der Waals surface area contributed by atoms with Crippen molar-refractivity contribution in [3.05, 3.63) is 41.5 Å². The fourth-order valence-electron chi connectivity index (χ4n) is 12.3. The molecule has 0 radical (unpaired) electrons. The smallest absolute Gasteiger partial charge is 0.311 e. The number of morpholine rings is 1. The van der Waals surface area contributed by atoms with Gasteiger partial charge in [-0.3, -0.25) is 4.79 Å². The molecule has 22 heteroatoms. The second-order valence-electron chi connectivity index (χ2n) is 23.6. The zero-order valence-corrected chi connectivity index (χ0v) is 47.7. The summed E-state index contributed by atoms with van der Waals surface area (Å²) in [6.07, 6.45) is -6.75. The van der Waals surface area contributed by atoms with Gasteiger partial charge in [0.25, 0.3) is 0 Å². The van der Waals surface area contributed by atoms with Crippen molar-refractivity contribution in [3.8, 4) is 0 Å². The molecule has 436 valence electrons. The van der Waals surface area contributed by atoms with E-state index in [9.17, 15) is 30.3 Å². The Morgan fingerprint density at radius 2 is 1.69 bits per heavy atom. The summed E-state index contributed by atoms with van der Waals surface area (Å²) in [4.78, 5) is 26.2. The van der Waals surface area contributed by atoms with Crippen LogP contribution >= 0.6 is 0 Å². The van der Waals surface area contributed by atoms with Crippen LogP contribution in [0.4, 0.5) is 10.1 Å². The molecule has 19 atom stereocenters. The number of aromatic nitrogens is 3. The molecule has 0 aliphatic carbocycles. The van der Waals surface area contributed by atoms with Gasteiger partial charge < -0.3 is 78.2 Å². The lowest BCUT2D eigenvalue weighted by molar-refractivity contribution is -0.318. The van der Waals surface area contributed by atoms with Gasteiger partial charge in [-0.1, -0.05) is 37.2 Å². The zero-order valence-electron chi connectivity index (χ0n) is 47.7. The summed E-state index contributed by atoms with van der Waals surface area (Å²) in [5.41, 5.74) is -1.96. The van der Waals surface area contributed by atoms with E-state index in [4.69, 9.17) is 38.0 Å². The highest BCUT2D eigenvalue weighted by Gasteiger charge is 2.53. The van der Waals surface area contributed by atoms with Gasteiger partial charge in [-0.15, -0.1) is 5.10 Å². The highest BCUT2D eigenvalue weighted by molar-refractivity contribution is 6.01. The number of aliphatic hydroxyl groups excluding tert-OH is 3. The van der Waals surface area contributed by atoms with Gasteiger partial charge in [-0.05, 0) is 99.9 Å². The van der Waals surface area contributed by atoms with Gasteiger partial charge >= 0.3 is 5.97 Å². The van der Waals surface area contributed by atoms with E-state index in [2.05, 4.69) is 15.5 Å². The number of hydrogen-bond acceptors (Lipinski definition) is 20. The minimum atomic E-state index is -1.85. The number of anilines is 1. The molecular weight excluding hydrogens is 1000 g/mol. The molecule has 0 bridgehead atoms. The highest BCUT2D eigenvalue weighted by atomic mass is 19.1. The number of hydrogen-bond donors (Lipinski definition) is 5. The van der Waals surface area contributed by atoms with E-state index < -0.39 is 102 Å². The van der Waals surface area contributed by atoms with E-state index in [1.54, 1.807) is 52.3 Å². The van der Waals surface area contributed by atoms with Gasteiger partial charge in [-0.2, -0.15) is 0 Å². The molecule has 4 saturated heterocycles. The maximum atomic E-state index is 15.2. The predicted octanol–water partition coefficient (Wildman–Crippen LogP) is 3.27. The number of aliphatic hydroxyl groups is 5. The van der Waals surface area contributed by atoms with E-state index >= 15 is 4.39 Å². The van der Waals surface area contributed by atoms with E-state index in [1.807, 2.05) is 61.8 Å². The third-order valence-corrected chi connectivity index (χ3v) is 17.2. The average Bonchev–Trinajstić information content (AvgIpc) is 4.07. The highest BCUT2D eigenvalue weighted by Crippen LogP contribution is 2.40. The first-order chi connectivity index (χ1) is 36.3. The Bertz CT molecular complexity index is 2270. The van der Waals surface area contributed by atoms with Crippen LogP contribution in [0.15, 0.2) is 29.6 Å². The van der Waals surface area contributed by atoms with Gasteiger partial charge in [0.15, 0.2) is 18.7 Å². The van der Waals surface area contributed by atoms with Crippen LogP contribution < -0.4 is 4.90 Å². The molecule has 6 heterocycles. The first-order valence-corrected chi connectivity index (χ1v) is 27.8. The Labute approximate surface area is 454 Å². The Morgan fingerprint density at radius 3 is 2.36 bits per heavy atom. The number of benzene rings is 1. The summed E-state index contributed by atoms with van der Waals surface area (Å²) >= 11 is 0. The SMILES string of the molecule is CC[C@H]1OC(=O)[C@H](C)[C@@H](O[C@H]2C[C@@](C)(OC)[C@@H](O)[C@H](C)O2)[C@H](C)[C@@H](O[C@@H]2O[C@H](C)C[C@H](N(C)CCc3cn(C[C@H]4CC(c5ccc(N6CCOCC6)c(F)c5)=NO4)nn3)[C@H]2O)[C@](C)(O)C[C@@H](C)CN(C)[C@H](C)[C@@H](O)[C@]1(C)O. The fraction of sp³-hybridized carbons (Fsp3) is 0.818. The molecule has 0 unspecified atom stereocenters. The van der Waals surface area contributed by atoms with Gasteiger partial charge in [0.05, 0.1) is 78.4 Å². The van der Waals surface area contributed by atoms with Crippen LogP contribution in [0.25, 0.3) is 0 Å². The summed E-state index contributed by atoms with van der Waals surface area (Å²) in [7, 11) is 5.25. The summed E-state index contributed by atoms with van der Waals surface area (Å²) in [5.74, 6) is -3.15. The molecule has 4 fully saturated rings. The lowest BCUT2D eigenvalue weighted by Crippen LogP contribution is -2.61. The van der Waals surface area contributed by atoms with Crippen LogP contribution in [-0.4, -0.2) is 219 Å². The lowest BCUT2D eigenvalue weighted by Gasteiger charge is -2.49. The number of oxime groups is 1. The molecule has 0 spiro atoms. The zero-order chi connectivity index (χ0) is 56.3. The molecule has 0 amide bonds. The number of carbonyl (C=O) groups is 1. The fourth-order valence-corrected chi connectivity index (χ4v) is 12.3. The number of nitrogens with zero attached hydrogens (tertiary/aromatic N) is 7. The largest absolute Gasteiger partial charge is 0.459 e. The van der Waals surface area contributed by atoms with Crippen molar-refractivity contribution < 1.29 is 72.7 Å². The number of likely N-dealkylation sites (N-methyl/N-ethyl adjacent to an activating group) is 2. The van der Waals surface area contributed by atoms with E-state index in [1.165, 1.54) is 20.1 Å². The van der Waals surface area contributed by atoms with Gasteiger partial charge in [0, 0.05) is 82.3 Å². The van der Waals surface area contributed by atoms with Crippen molar-refractivity contribution in [1.29, 1.82) is 0 Å². The Morgan fingerprint density at radius 1 is 0.974 bits per heavy atom. The van der Waals surface area contributed by atoms with Crippen LogP contribution in [0.3, 0.4) is 0 Å². The number of methoxy groups -OCH3 is 1. The third kappa shape index (κ3) is 14.2. The molecule has 1 aromatic carbocycles. The van der Waals surface area contributed by atoms with E-state index in [0.29, 0.717) is 82.2 Å². The van der Waals surface area contributed by atoms with Crippen molar-refractivity contribution in [3.63, 3.8) is 0 Å². The minimum absolute atomic E-state index is 0.0912. The molecule has 7 rings (SSSR count).